The molecule has 0 saturated heterocycles. The van der Waals surface area contributed by atoms with Crippen molar-refractivity contribution in [2.45, 2.75) is 19.6 Å². The Morgan fingerprint density at radius 2 is 2.15 bits per heavy atom. The van der Waals surface area contributed by atoms with Crippen LogP contribution < -0.4 is 15.5 Å². The van der Waals surface area contributed by atoms with Crippen LogP contribution in [0.1, 0.15) is 17.3 Å². The summed E-state index contributed by atoms with van der Waals surface area (Å²) in [5.74, 6) is -0.545. The zero-order valence-corrected chi connectivity index (χ0v) is 14.5. The summed E-state index contributed by atoms with van der Waals surface area (Å²) in [7, 11) is 0. The van der Waals surface area contributed by atoms with Gasteiger partial charge in [0.25, 0.3) is 5.91 Å². The lowest BCUT2D eigenvalue weighted by Gasteiger charge is -2.26. The van der Waals surface area contributed by atoms with Crippen LogP contribution in [-0.4, -0.2) is 16.6 Å². The molecule has 0 aliphatic carbocycles. The van der Waals surface area contributed by atoms with Gasteiger partial charge < -0.3 is 14.6 Å². The van der Waals surface area contributed by atoms with Gasteiger partial charge in [0.1, 0.15) is 23.2 Å². The maximum absolute atomic E-state index is 13.3. The van der Waals surface area contributed by atoms with Crippen LogP contribution in [0.15, 0.2) is 47.4 Å². The highest BCUT2D eigenvalue weighted by Gasteiger charge is 2.24. The minimum atomic E-state index is -0.619. The highest BCUT2D eigenvalue weighted by molar-refractivity contribution is 6.35. The van der Waals surface area contributed by atoms with Gasteiger partial charge >= 0.3 is 0 Å². The van der Waals surface area contributed by atoms with Crippen molar-refractivity contribution in [3.05, 3.63) is 69.2 Å². The van der Waals surface area contributed by atoms with Gasteiger partial charge in [0.2, 0.25) is 5.43 Å². The predicted octanol–water partition coefficient (Wildman–Crippen LogP) is 3.83. The molecule has 5 nitrogen and oxygen atoms in total. The van der Waals surface area contributed by atoms with E-state index in [2.05, 4.69) is 5.32 Å². The summed E-state index contributed by atoms with van der Waals surface area (Å²) in [4.78, 5) is 25.5. The van der Waals surface area contributed by atoms with Crippen LogP contribution in [0, 0.1) is 5.82 Å². The molecule has 0 spiro atoms. The molecule has 132 valence electrons. The number of ether oxygens (including phenoxy) is 1. The van der Waals surface area contributed by atoms with Crippen LogP contribution in [0.25, 0.3) is 10.9 Å². The number of halogens is 2. The molecule has 4 rings (SSSR count). The Balaban J connectivity index is 1.86. The van der Waals surface area contributed by atoms with Crippen molar-refractivity contribution in [3.8, 4) is 5.75 Å². The number of aromatic nitrogens is 1. The first-order valence-corrected chi connectivity index (χ1v) is 8.41. The van der Waals surface area contributed by atoms with Crippen molar-refractivity contribution in [3.63, 3.8) is 0 Å². The number of pyridine rings is 1. The smallest absolute Gasteiger partial charge is 0.261 e. The number of nitrogens with one attached hydrogen (secondary N) is 1. The lowest BCUT2D eigenvalue weighted by molar-refractivity contribution is 0.102. The summed E-state index contributed by atoms with van der Waals surface area (Å²) in [5.41, 5.74) is 0.290. The molecule has 0 fully saturated rings. The fraction of sp³-hybridized carbons (Fsp3) is 0.158. The monoisotopic (exact) mass is 372 g/mol. The lowest BCUT2D eigenvalue weighted by Crippen LogP contribution is -2.30. The minimum absolute atomic E-state index is 0.0603. The molecule has 0 bridgehead atoms. The summed E-state index contributed by atoms with van der Waals surface area (Å²) < 4.78 is 20.9. The van der Waals surface area contributed by atoms with Crippen molar-refractivity contribution < 1.29 is 13.9 Å². The molecule has 1 unspecified atom stereocenters. The maximum Gasteiger partial charge on any atom is 0.261 e. The predicted molar refractivity (Wildman–Crippen MR) is 97.7 cm³/mol. The zero-order valence-electron chi connectivity index (χ0n) is 13.8. The van der Waals surface area contributed by atoms with Gasteiger partial charge in [-0.15, -0.1) is 0 Å². The number of hydrogen-bond acceptors (Lipinski definition) is 3. The third kappa shape index (κ3) is 2.72. The van der Waals surface area contributed by atoms with E-state index >= 15 is 0 Å². The Morgan fingerprint density at radius 1 is 1.35 bits per heavy atom. The van der Waals surface area contributed by atoms with Gasteiger partial charge in [0.15, 0.2) is 0 Å². The second-order valence-corrected chi connectivity index (χ2v) is 6.59. The van der Waals surface area contributed by atoms with E-state index in [0.717, 1.165) is 0 Å². The second-order valence-electron chi connectivity index (χ2n) is 6.19. The van der Waals surface area contributed by atoms with Crippen molar-refractivity contribution >= 4 is 34.1 Å². The van der Waals surface area contributed by atoms with Crippen molar-refractivity contribution in [2.24, 2.45) is 0 Å². The molecule has 26 heavy (non-hydrogen) atoms. The summed E-state index contributed by atoms with van der Waals surface area (Å²) >= 11 is 6.23. The van der Waals surface area contributed by atoms with Crippen LogP contribution in [0.5, 0.6) is 5.75 Å². The quantitative estimate of drug-likeness (QED) is 0.743. The molecule has 1 aromatic heterocycles. The highest BCUT2D eigenvalue weighted by Crippen LogP contribution is 2.33. The first-order chi connectivity index (χ1) is 12.4. The fourth-order valence-corrected chi connectivity index (χ4v) is 3.40. The SMILES string of the molecule is CC1Cn2cc(C(=O)Nc3cccc(F)c3)c(=O)c3c(Cl)ccc(c32)O1. The van der Waals surface area contributed by atoms with E-state index in [1.807, 2.05) is 6.92 Å². The van der Waals surface area contributed by atoms with Crippen LogP contribution in [-0.2, 0) is 6.54 Å². The summed E-state index contributed by atoms with van der Waals surface area (Å²) in [6.45, 7) is 2.37. The summed E-state index contributed by atoms with van der Waals surface area (Å²) in [6.07, 6.45) is 1.38. The standard InChI is InChI=1S/C19H14ClFN2O3/c1-10-8-23-9-13(19(25)22-12-4-2-3-11(21)7-12)18(24)16-14(20)5-6-15(26-10)17(16)23/h2-7,9-10H,8H2,1H3,(H,22,25). The molecule has 2 heterocycles. The Labute approximate surface area is 153 Å². The fourth-order valence-electron chi connectivity index (χ4n) is 3.16. The van der Waals surface area contributed by atoms with E-state index in [4.69, 9.17) is 16.3 Å². The molecule has 2 aromatic carbocycles. The number of carbonyl (C=O) groups is 1. The van der Waals surface area contributed by atoms with Crippen molar-refractivity contribution in [1.29, 1.82) is 0 Å². The number of amides is 1. The van der Waals surface area contributed by atoms with Gasteiger partial charge in [-0.2, -0.15) is 0 Å². The van der Waals surface area contributed by atoms with Crippen LogP contribution in [0.4, 0.5) is 10.1 Å². The van der Waals surface area contributed by atoms with Gasteiger partial charge in [-0.3, -0.25) is 9.59 Å². The molecule has 1 N–H and O–H groups in total. The molecule has 0 radical (unpaired) electrons. The topological polar surface area (TPSA) is 60.3 Å². The third-order valence-corrected chi connectivity index (χ3v) is 4.56. The average Bonchev–Trinajstić information content (AvgIpc) is 2.59. The largest absolute Gasteiger partial charge is 0.487 e. The van der Waals surface area contributed by atoms with E-state index < -0.39 is 17.2 Å². The van der Waals surface area contributed by atoms with E-state index in [1.165, 1.54) is 24.4 Å². The Kier molecular flexibility index (Phi) is 3.92. The minimum Gasteiger partial charge on any atom is -0.487 e. The van der Waals surface area contributed by atoms with Crippen LogP contribution in [0.3, 0.4) is 0 Å². The first kappa shape index (κ1) is 16.6. The number of carbonyl (C=O) groups excluding carboxylic acids is 1. The van der Waals surface area contributed by atoms with E-state index in [0.29, 0.717) is 17.8 Å². The highest BCUT2D eigenvalue weighted by atomic mass is 35.5. The van der Waals surface area contributed by atoms with E-state index in [-0.39, 0.29) is 27.8 Å². The van der Waals surface area contributed by atoms with Gasteiger partial charge in [-0.1, -0.05) is 17.7 Å². The number of anilines is 1. The molecule has 1 atom stereocenters. The molecular formula is C19H14ClFN2O3. The summed E-state index contributed by atoms with van der Waals surface area (Å²) in [6, 6.07) is 8.77. The first-order valence-electron chi connectivity index (χ1n) is 8.03. The molecule has 7 heteroatoms. The van der Waals surface area contributed by atoms with Crippen molar-refractivity contribution in [1.82, 2.24) is 4.57 Å². The molecule has 1 amide bonds. The Morgan fingerprint density at radius 3 is 2.92 bits per heavy atom. The second kappa shape index (κ2) is 6.14. The third-order valence-electron chi connectivity index (χ3n) is 4.24. The Hall–Kier alpha value is -2.86. The zero-order chi connectivity index (χ0) is 18.4. The number of hydrogen-bond donors (Lipinski definition) is 1. The molecule has 1 aliphatic heterocycles. The van der Waals surface area contributed by atoms with E-state index in [9.17, 15) is 14.0 Å². The summed E-state index contributed by atoms with van der Waals surface area (Å²) in [5, 5.41) is 3.04. The van der Waals surface area contributed by atoms with Crippen molar-refractivity contribution in [2.75, 3.05) is 5.32 Å². The van der Waals surface area contributed by atoms with Crippen LogP contribution in [0.2, 0.25) is 5.02 Å². The van der Waals surface area contributed by atoms with Gasteiger partial charge in [0, 0.05) is 11.9 Å². The molecule has 0 saturated carbocycles. The van der Waals surface area contributed by atoms with Gasteiger partial charge in [0.05, 0.1) is 22.5 Å². The normalized spacial score (nSPS) is 15.6. The lowest BCUT2D eigenvalue weighted by atomic mass is 10.1. The van der Waals surface area contributed by atoms with Crippen LogP contribution >= 0.6 is 11.6 Å². The molecule has 3 aromatic rings. The molecule has 1 aliphatic rings. The maximum atomic E-state index is 13.3. The molecular weight excluding hydrogens is 359 g/mol. The van der Waals surface area contributed by atoms with Gasteiger partial charge in [-0.25, -0.2) is 4.39 Å². The average molecular weight is 373 g/mol. The number of nitrogens with zero attached hydrogens (tertiary/aromatic N) is 1. The Bertz CT molecular complexity index is 1110. The van der Waals surface area contributed by atoms with E-state index in [1.54, 1.807) is 22.8 Å². The van der Waals surface area contributed by atoms with Gasteiger partial charge in [-0.05, 0) is 37.3 Å². The number of benzene rings is 2. The number of rotatable bonds is 2.